The Balaban J connectivity index is 2.40. The maximum Gasteiger partial charge on any atom is 0.481 e. The fourth-order valence-corrected chi connectivity index (χ4v) is 1.50. The largest absolute Gasteiger partial charge is 0.481 e. The molecule has 1 aliphatic rings. The Morgan fingerprint density at radius 1 is 1.36 bits per heavy atom. The zero-order valence-electron chi connectivity index (χ0n) is 8.18. The molecule has 0 saturated carbocycles. The van der Waals surface area contributed by atoms with E-state index < -0.39 is 12.8 Å². The monoisotopic (exact) mass is 208 g/mol. The highest BCUT2D eigenvalue weighted by atomic mass is 19.4. The quantitative estimate of drug-likeness (QED) is 0.651. The number of carbonyl (C=O) groups is 1. The lowest BCUT2D eigenvalue weighted by Gasteiger charge is -2.24. The van der Waals surface area contributed by atoms with Crippen LogP contribution in [0.25, 0.3) is 0 Å². The summed E-state index contributed by atoms with van der Waals surface area (Å²) in [6, 6.07) is 0. The molecule has 1 amide bonds. The van der Waals surface area contributed by atoms with Gasteiger partial charge in [-0.15, -0.1) is 0 Å². The first kappa shape index (κ1) is 11.4. The van der Waals surface area contributed by atoms with Crippen molar-refractivity contribution in [3.63, 3.8) is 0 Å². The van der Waals surface area contributed by atoms with Gasteiger partial charge in [-0.1, -0.05) is 12.7 Å². The summed E-state index contributed by atoms with van der Waals surface area (Å²) in [5.41, 5.74) is 0. The van der Waals surface area contributed by atoms with Crippen molar-refractivity contribution in [3.05, 3.63) is 0 Å². The Bertz CT molecular complexity index is 213. The summed E-state index contributed by atoms with van der Waals surface area (Å²) in [5, 5.41) is 0. The molecule has 0 aromatic rings. The number of rotatable bonds is 3. The van der Waals surface area contributed by atoms with Crippen LogP contribution in [0.4, 0.5) is 12.9 Å². The van der Waals surface area contributed by atoms with Gasteiger partial charge in [0.05, 0.1) is 0 Å². The van der Waals surface area contributed by atoms with Crippen LogP contribution in [0.1, 0.15) is 26.2 Å². The van der Waals surface area contributed by atoms with E-state index in [1.807, 2.05) is 0 Å². The summed E-state index contributed by atoms with van der Waals surface area (Å²) < 4.78 is 36.6. The molecule has 0 radical (unpaired) electrons. The molecule has 0 spiro atoms. The molecule has 1 atom stereocenters. The highest BCUT2D eigenvalue weighted by Gasteiger charge is 2.33. The van der Waals surface area contributed by atoms with Gasteiger partial charge in [0.15, 0.2) is 0 Å². The smallest absolute Gasteiger partial charge is 0.449 e. The molecule has 1 aliphatic heterocycles. The van der Waals surface area contributed by atoms with E-state index in [1.165, 1.54) is 4.90 Å². The van der Waals surface area contributed by atoms with Crippen molar-refractivity contribution in [1.29, 1.82) is 0 Å². The number of amides is 1. The second kappa shape index (κ2) is 4.23. The summed E-state index contributed by atoms with van der Waals surface area (Å²) in [7, 11) is 0. The first-order valence-corrected chi connectivity index (χ1v) is 4.89. The predicted molar refractivity (Wildman–Crippen MR) is 48.9 cm³/mol. The van der Waals surface area contributed by atoms with Crippen LogP contribution in [0.3, 0.4) is 0 Å². The van der Waals surface area contributed by atoms with E-state index in [-0.39, 0.29) is 12.3 Å². The molecular formula is C8H14BF3NO-. The van der Waals surface area contributed by atoms with Gasteiger partial charge in [-0.2, -0.15) is 0 Å². The summed E-state index contributed by atoms with van der Waals surface area (Å²) in [4.78, 5) is 12.9. The summed E-state index contributed by atoms with van der Waals surface area (Å²) in [6.45, 7) is -2.55. The SMILES string of the molecule is CC(CC(=O)N1CCCC1)[B-](F)(F)F. The fourth-order valence-electron chi connectivity index (χ4n) is 1.50. The Morgan fingerprint density at radius 3 is 2.29 bits per heavy atom. The van der Waals surface area contributed by atoms with E-state index in [9.17, 15) is 17.7 Å². The van der Waals surface area contributed by atoms with Crippen molar-refractivity contribution in [2.75, 3.05) is 13.1 Å². The molecule has 82 valence electrons. The van der Waals surface area contributed by atoms with E-state index in [4.69, 9.17) is 0 Å². The minimum absolute atomic E-state index is 0.353. The Labute approximate surface area is 81.5 Å². The average Bonchev–Trinajstić information content (AvgIpc) is 2.53. The van der Waals surface area contributed by atoms with Gasteiger partial charge < -0.3 is 17.8 Å². The van der Waals surface area contributed by atoms with Crippen molar-refractivity contribution in [2.24, 2.45) is 0 Å². The van der Waals surface area contributed by atoms with E-state index in [1.54, 1.807) is 0 Å². The number of carbonyl (C=O) groups excluding carboxylic acids is 1. The second-order valence-corrected chi connectivity index (χ2v) is 3.89. The molecule has 1 fully saturated rings. The van der Waals surface area contributed by atoms with Crippen LogP contribution < -0.4 is 0 Å². The van der Waals surface area contributed by atoms with Crippen LogP contribution >= 0.6 is 0 Å². The van der Waals surface area contributed by atoms with Crippen molar-refractivity contribution in [2.45, 2.75) is 32.0 Å². The first-order chi connectivity index (χ1) is 6.41. The Morgan fingerprint density at radius 2 is 1.86 bits per heavy atom. The third-order valence-electron chi connectivity index (χ3n) is 2.60. The van der Waals surface area contributed by atoms with Crippen LogP contribution in [0.15, 0.2) is 0 Å². The van der Waals surface area contributed by atoms with Crippen LogP contribution in [0.2, 0.25) is 5.82 Å². The van der Waals surface area contributed by atoms with Crippen molar-refractivity contribution in [3.8, 4) is 0 Å². The molecule has 1 unspecified atom stereocenters. The lowest BCUT2D eigenvalue weighted by molar-refractivity contribution is -0.130. The summed E-state index contributed by atoms with van der Waals surface area (Å²) in [5.74, 6) is -1.82. The van der Waals surface area contributed by atoms with Gasteiger partial charge in [0, 0.05) is 19.5 Å². The number of hydrogen-bond donors (Lipinski definition) is 0. The number of hydrogen-bond acceptors (Lipinski definition) is 1. The van der Waals surface area contributed by atoms with E-state index in [0.717, 1.165) is 19.8 Å². The van der Waals surface area contributed by atoms with Gasteiger partial charge in [0.2, 0.25) is 5.91 Å². The zero-order chi connectivity index (χ0) is 10.8. The Hall–Kier alpha value is -0.675. The average molecular weight is 208 g/mol. The van der Waals surface area contributed by atoms with Crippen LogP contribution in [-0.4, -0.2) is 30.9 Å². The van der Waals surface area contributed by atoms with Crippen LogP contribution in [0, 0.1) is 0 Å². The molecule has 2 nitrogen and oxygen atoms in total. The maximum atomic E-state index is 12.2. The normalized spacial score (nSPS) is 19.9. The van der Waals surface area contributed by atoms with E-state index in [2.05, 4.69) is 0 Å². The first-order valence-electron chi connectivity index (χ1n) is 4.89. The maximum absolute atomic E-state index is 12.2. The van der Waals surface area contributed by atoms with E-state index in [0.29, 0.717) is 13.1 Å². The third kappa shape index (κ3) is 2.92. The van der Waals surface area contributed by atoms with Crippen LogP contribution in [0.5, 0.6) is 0 Å². The van der Waals surface area contributed by atoms with Gasteiger partial charge in [-0.05, 0) is 12.8 Å². The van der Waals surface area contributed by atoms with Gasteiger partial charge in [-0.3, -0.25) is 4.79 Å². The number of likely N-dealkylation sites (tertiary alicyclic amines) is 1. The molecule has 1 rings (SSSR count). The van der Waals surface area contributed by atoms with Gasteiger partial charge in [0.1, 0.15) is 0 Å². The van der Waals surface area contributed by atoms with Gasteiger partial charge >= 0.3 is 6.98 Å². The van der Waals surface area contributed by atoms with Gasteiger partial charge in [0.25, 0.3) is 0 Å². The number of nitrogens with zero attached hydrogens (tertiary/aromatic N) is 1. The lowest BCUT2D eigenvalue weighted by Crippen LogP contribution is -2.32. The predicted octanol–water partition coefficient (Wildman–Crippen LogP) is 2.24. The molecule has 1 saturated heterocycles. The fraction of sp³-hybridized carbons (Fsp3) is 0.875. The van der Waals surface area contributed by atoms with Gasteiger partial charge in [-0.25, -0.2) is 0 Å². The minimum atomic E-state index is -4.87. The summed E-state index contributed by atoms with van der Waals surface area (Å²) >= 11 is 0. The molecule has 14 heavy (non-hydrogen) atoms. The standard InChI is InChI=1S/C8H14BF3NO/c1-7(9(10,11)12)6-8(14)13-4-2-3-5-13/h7H,2-6H2,1H3/q-1. The van der Waals surface area contributed by atoms with Crippen molar-refractivity contribution >= 4 is 12.9 Å². The second-order valence-electron chi connectivity index (χ2n) is 3.89. The molecule has 0 bridgehead atoms. The minimum Gasteiger partial charge on any atom is -0.449 e. The van der Waals surface area contributed by atoms with Crippen molar-refractivity contribution in [1.82, 2.24) is 4.90 Å². The van der Waals surface area contributed by atoms with E-state index >= 15 is 0 Å². The number of halogens is 3. The molecule has 0 aromatic heterocycles. The topological polar surface area (TPSA) is 20.3 Å². The molecule has 1 heterocycles. The van der Waals surface area contributed by atoms with Crippen molar-refractivity contribution < 1.29 is 17.7 Å². The third-order valence-corrected chi connectivity index (χ3v) is 2.60. The highest BCUT2D eigenvalue weighted by molar-refractivity contribution is 6.60. The lowest BCUT2D eigenvalue weighted by atomic mass is 9.72. The molecule has 0 N–H and O–H groups in total. The molecule has 0 aliphatic carbocycles. The highest BCUT2D eigenvalue weighted by Crippen LogP contribution is 2.29. The Kier molecular flexibility index (Phi) is 3.45. The molecule has 6 heteroatoms. The molecule has 0 aromatic carbocycles. The van der Waals surface area contributed by atoms with Crippen LogP contribution in [-0.2, 0) is 4.79 Å². The molecular weight excluding hydrogens is 194 g/mol. The zero-order valence-corrected chi connectivity index (χ0v) is 8.18. The summed E-state index contributed by atoms with van der Waals surface area (Å²) in [6.07, 6.45) is 1.44.